The van der Waals surface area contributed by atoms with Crippen LogP contribution < -0.4 is 5.73 Å². The van der Waals surface area contributed by atoms with Gasteiger partial charge in [-0.15, -0.1) is 0 Å². The predicted molar refractivity (Wildman–Crippen MR) is 67.6 cm³/mol. The topological polar surface area (TPSA) is 72.6 Å². The fraction of sp³-hybridized carbons (Fsp3) is 0.385. The van der Waals surface area contributed by atoms with Gasteiger partial charge in [0.1, 0.15) is 0 Å². The summed E-state index contributed by atoms with van der Waals surface area (Å²) in [5, 5.41) is 0. The average Bonchev–Trinajstić information content (AvgIpc) is 2.37. The van der Waals surface area contributed by atoms with Crippen molar-refractivity contribution >= 4 is 11.9 Å². The van der Waals surface area contributed by atoms with Gasteiger partial charge in [0.05, 0.1) is 20.2 Å². The van der Waals surface area contributed by atoms with Crippen molar-refractivity contribution in [1.29, 1.82) is 0 Å². The summed E-state index contributed by atoms with van der Waals surface area (Å²) in [4.78, 5) is 24.1. The molecule has 0 aliphatic rings. The molecule has 0 unspecified atom stereocenters. The molecule has 0 aliphatic carbocycles. The van der Waals surface area contributed by atoms with E-state index in [9.17, 15) is 9.59 Å². The summed E-state index contributed by atoms with van der Waals surface area (Å²) < 4.78 is 4.62. The summed E-state index contributed by atoms with van der Waals surface area (Å²) in [6, 6.07) is 9.53. The second kappa shape index (κ2) is 6.76. The Morgan fingerprint density at radius 1 is 1.28 bits per heavy atom. The highest BCUT2D eigenvalue weighted by Crippen LogP contribution is 2.19. The zero-order valence-corrected chi connectivity index (χ0v) is 10.6. The molecule has 0 fully saturated rings. The summed E-state index contributed by atoms with van der Waals surface area (Å²) >= 11 is 0. The van der Waals surface area contributed by atoms with E-state index in [4.69, 9.17) is 5.73 Å². The van der Waals surface area contributed by atoms with Gasteiger partial charge >= 0.3 is 5.97 Å². The molecule has 0 saturated carbocycles. The van der Waals surface area contributed by atoms with Gasteiger partial charge in [0.15, 0.2) is 0 Å². The first-order chi connectivity index (χ1) is 8.54. The molecular formula is C13H18N2O3. The lowest BCUT2D eigenvalue weighted by Gasteiger charge is -2.27. The van der Waals surface area contributed by atoms with Crippen LogP contribution in [0.2, 0.25) is 0 Å². The van der Waals surface area contributed by atoms with Gasteiger partial charge in [0, 0.05) is 6.04 Å². The SMILES string of the molecule is COC(=O)CN(CC(N)=O)[C@H](C)c1ccccc1. The molecule has 1 aromatic rings. The molecule has 2 N–H and O–H groups in total. The molecule has 1 atom stereocenters. The average molecular weight is 250 g/mol. The predicted octanol–water partition coefficient (Wildman–Crippen LogP) is 0.708. The number of rotatable bonds is 6. The maximum atomic E-state index is 11.3. The number of esters is 1. The summed E-state index contributed by atoms with van der Waals surface area (Å²) in [7, 11) is 1.32. The van der Waals surface area contributed by atoms with Crippen molar-refractivity contribution < 1.29 is 14.3 Å². The molecule has 18 heavy (non-hydrogen) atoms. The number of benzene rings is 1. The number of primary amides is 1. The maximum absolute atomic E-state index is 11.3. The Bertz CT molecular complexity index is 406. The first kappa shape index (κ1) is 14.2. The monoisotopic (exact) mass is 250 g/mol. The molecule has 0 radical (unpaired) electrons. The van der Waals surface area contributed by atoms with Crippen LogP contribution in [0.5, 0.6) is 0 Å². The molecule has 0 bridgehead atoms. The molecule has 98 valence electrons. The summed E-state index contributed by atoms with van der Waals surface area (Å²) in [5.74, 6) is -0.860. The normalized spacial score (nSPS) is 12.2. The molecular weight excluding hydrogens is 232 g/mol. The number of hydrogen-bond donors (Lipinski definition) is 1. The van der Waals surface area contributed by atoms with Gasteiger partial charge in [-0.05, 0) is 12.5 Å². The quantitative estimate of drug-likeness (QED) is 0.755. The first-order valence-corrected chi connectivity index (χ1v) is 5.68. The third-order valence-corrected chi connectivity index (χ3v) is 2.75. The van der Waals surface area contributed by atoms with Gasteiger partial charge in [-0.1, -0.05) is 30.3 Å². The number of nitrogens with two attached hydrogens (primary N) is 1. The van der Waals surface area contributed by atoms with Crippen LogP contribution in [-0.2, 0) is 14.3 Å². The molecule has 0 spiro atoms. The van der Waals surface area contributed by atoms with Crippen molar-refractivity contribution in [2.24, 2.45) is 5.73 Å². The Hall–Kier alpha value is -1.88. The van der Waals surface area contributed by atoms with E-state index < -0.39 is 5.91 Å². The van der Waals surface area contributed by atoms with E-state index in [0.29, 0.717) is 0 Å². The van der Waals surface area contributed by atoms with Crippen LogP contribution in [0.1, 0.15) is 18.5 Å². The lowest BCUT2D eigenvalue weighted by atomic mass is 10.1. The Balaban J connectivity index is 2.81. The minimum atomic E-state index is -0.471. The van der Waals surface area contributed by atoms with Gasteiger partial charge in [0.2, 0.25) is 5.91 Å². The van der Waals surface area contributed by atoms with E-state index in [-0.39, 0.29) is 25.1 Å². The minimum absolute atomic E-state index is 0.0190. The Morgan fingerprint density at radius 3 is 2.39 bits per heavy atom. The van der Waals surface area contributed by atoms with E-state index >= 15 is 0 Å². The standard InChI is InChI=1S/C13H18N2O3/c1-10(11-6-4-3-5-7-11)15(8-12(14)16)9-13(17)18-2/h3-7,10H,8-9H2,1-2H3,(H2,14,16)/t10-/m1/s1. The molecule has 5 nitrogen and oxygen atoms in total. The van der Waals surface area contributed by atoms with Crippen LogP contribution in [0, 0.1) is 0 Å². The van der Waals surface area contributed by atoms with Crippen molar-refractivity contribution in [1.82, 2.24) is 4.90 Å². The maximum Gasteiger partial charge on any atom is 0.319 e. The van der Waals surface area contributed by atoms with Crippen molar-refractivity contribution in [3.8, 4) is 0 Å². The van der Waals surface area contributed by atoms with E-state index in [1.807, 2.05) is 37.3 Å². The zero-order chi connectivity index (χ0) is 13.5. The zero-order valence-electron chi connectivity index (χ0n) is 10.6. The summed E-state index contributed by atoms with van der Waals surface area (Å²) in [5.41, 5.74) is 6.21. The minimum Gasteiger partial charge on any atom is -0.468 e. The molecule has 5 heteroatoms. The summed E-state index contributed by atoms with van der Waals surface area (Å²) in [6.07, 6.45) is 0. The fourth-order valence-corrected chi connectivity index (χ4v) is 1.70. The number of hydrogen-bond acceptors (Lipinski definition) is 4. The summed E-state index contributed by atoms with van der Waals surface area (Å²) in [6.45, 7) is 1.97. The van der Waals surface area contributed by atoms with Crippen molar-refractivity contribution in [2.45, 2.75) is 13.0 Å². The Morgan fingerprint density at radius 2 is 1.89 bits per heavy atom. The highest BCUT2D eigenvalue weighted by molar-refractivity contribution is 5.77. The van der Waals surface area contributed by atoms with Gasteiger partial charge in [-0.2, -0.15) is 0 Å². The van der Waals surface area contributed by atoms with Crippen LogP contribution in [-0.4, -0.2) is 37.0 Å². The molecule has 0 heterocycles. The van der Waals surface area contributed by atoms with Crippen LogP contribution in [0.4, 0.5) is 0 Å². The largest absolute Gasteiger partial charge is 0.468 e. The van der Waals surface area contributed by atoms with E-state index in [1.54, 1.807) is 4.90 Å². The lowest BCUT2D eigenvalue weighted by molar-refractivity contribution is -0.142. The van der Waals surface area contributed by atoms with E-state index in [1.165, 1.54) is 7.11 Å². The van der Waals surface area contributed by atoms with Crippen molar-refractivity contribution in [3.05, 3.63) is 35.9 Å². The van der Waals surface area contributed by atoms with E-state index in [2.05, 4.69) is 4.74 Å². The number of nitrogens with zero attached hydrogens (tertiary/aromatic N) is 1. The number of ether oxygens (including phenoxy) is 1. The highest BCUT2D eigenvalue weighted by atomic mass is 16.5. The molecule has 0 aliphatic heterocycles. The van der Waals surface area contributed by atoms with Crippen molar-refractivity contribution in [3.63, 3.8) is 0 Å². The van der Waals surface area contributed by atoms with Crippen LogP contribution in [0.3, 0.4) is 0 Å². The molecule has 0 aromatic heterocycles. The first-order valence-electron chi connectivity index (χ1n) is 5.68. The number of amides is 1. The Labute approximate surface area is 107 Å². The molecule has 0 saturated heterocycles. The number of methoxy groups -OCH3 is 1. The van der Waals surface area contributed by atoms with Gasteiger partial charge < -0.3 is 10.5 Å². The molecule has 1 rings (SSSR count). The van der Waals surface area contributed by atoms with Gasteiger partial charge in [-0.3, -0.25) is 14.5 Å². The second-order valence-corrected chi connectivity index (χ2v) is 4.03. The van der Waals surface area contributed by atoms with E-state index in [0.717, 1.165) is 5.56 Å². The van der Waals surface area contributed by atoms with Gasteiger partial charge in [-0.25, -0.2) is 0 Å². The molecule has 1 amide bonds. The number of carbonyl (C=O) groups excluding carboxylic acids is 2. The number of carbonyl (C=O) groups is 2. The highest BCUT2D eigenvalue weighted by Gasteiger charge is 2.20. The van der Waals surface area contributed by atoms with Gasteiger partial charge in [0.25, 0.3) is 0 Å². The van der Waals surface area contributed by atoms with Crippen LogP contribution in [0.25, 0.3) is 0 Å². The molecule has 1 aromatic carbocycles. The smallest absolute Gasteiger partial charge is 0.319 e. The third-order valence-electron chi connectivity index (χ3n) is 2.75. The van der Waals surface area contributed by atoms with Crippen LogP contribution in [0.15, 0.2) is 30.3 Å². The van der Waals surface area contributed by atoms with Crippen LogP contribution >= 0.6 is 0 Å². The van der Waals surface area contributed by atoms with Crippen molar-refractivity contribution in [2.75, 3.05) is 20.2 Å². The third kappa shape index (κ3) is 4.18. The fourth-order valence-electron chi connectivity index (χ4n) is 1.70. The second-order valence-electron chi connectivity index (χ2n) is 4.03. The Kier molecular flexibility index (Phi) is 5.32. The lowest BCUT2D eigenvalue weighted by Crippen LogP contribution is -2.39.